The standard InChI is InChI=1S/C17H28N2O3.ClH/c1-12(18)6-9-16(20)19-11-17(2,3)13-7-8-14(21-4)15(10-13)22-5;/h7-8,10,12H,6,9,11,18H2,1-5H3,(H,19,20);1H. The quantitative estimate of drug-likeness (QED) is 0.760. The minimum Gasteiger partial charge on any atom is -0.493 e. The van der Waals surface area contributed by atoms with Gasteiger partial charge in [-0.2, -0.15) is 0 Å². The fraction of sp³-hybridized carbons (Fsp3) is 0.588. The number of carbonyl (C=O) groups excluding carboxylic acids is 1. The number of nitrogens with two attached hydrogens (primary N) is 1. The maximum absolute atomic E-state index is 11.8. The number of methoxy groups -OCH3 is 2. The molecule has 1 rings (SSSR count). The van der Waals surface area contributed by atoms with Crippen molar-refractivity contribution in [1.82, 2.24) is 5.32 Å². The summed E-state index contributed by atoms with van der Waals surface area (Å²) in [6, 6.07) is 5.88. The maximum atomic E-state index is 11.8. The zero-order valence-corrected chi connectivity index (χ0v) is 15.5. The molecule has 0 saturated carbocycles. The molecule has 0 bridgehead atoms. The third-order valence-corrected chi connectivity index (χ3v) is 3.72. The van der Waals surface area contributed by atoms with E-state index in [1.54, 1.807) is 14.2 Å². The van der Waals surface area contributed by atoms with Crippen LogP contribution in [-0.2, 0) is 10.2 Å². The van der Waals surface area contributed by atoms with Crippen LogP contribution in [0.15, 0.2) is 18.2 Å². The Morgan fingerprint density at radius 3 is 2.39 bits per heavy atom. The summed E-state index contributed by atoms with van der Waals surface area (Å²) in [5.41, 5.74) is 6.54. The molecule has 23 heavy (non-hydrogen) atoms. The molecule has 0 aliphatic heterocycles. The number of carbonyl (C=O) groups is 1. The summed E-state index contributed by atoms with van der Waals surface area (Å²) in [6.45, 7) is 6.63. The highest BCUT2D eigenvalue weighted by molar-refractivity contribution is 5.85. The van der Waals surface area contributed by atoms with E-state index in [0.29, 0.717) is 30.9 Å². The first-order valence-electron chi connectivity index (χ1n) is 7.55. The largest absolute Gasteiger partial charge is 0.493 e. The molecule has 1 atom stereocenters. The predicted molar refractivity (Wildman–Crippen MR) is 95.7 cm³/mol. The van der Waals surface area contributed by atoms with Gasteiger partial charge in [0, 0.05) is 24.4 Å². The van der Waals surface area contributed by atoms with Crippen molar-refractivity contribution in [2.75, 3.05) is 20.8 Å². The van der Waals surface area contributed by atoms with Gasteiger partial charge in [0.2, 0.25) is 5.91 Å². The minimum atomic E-state index is -0.205. The van der Waals surface area contributed by atoms with Crippen LogP contribution in [0, 0.1) is 0 Å². The molecular formula is C17H29ClN2O3. The van der Waals surface area contributed by atoms with Crippen molar-refractivity contribution < 1.29 is 14.3 Å². The summed E-state index contributed by atoms with van der Waals surface area (Å²) in [7, 11) is 3.23. The van der Waals surface area contributed by atoms with E-state index in [-0.39, 0.29) is 29.8 Å². The van der Waals surface area contributed by atoms with E-state index in [0.717, 1.165) is 5.56 Å². The van der Waals surface area contributed by atoms with Gasteiger partial charge in [-0.25, -0.2) is 0 Å². The van der Waals surface area contributed by atoms with Gasteiger partial charge in [0.05, 0.1) is 14.2 Å². The number of rotatable bonds is 8. The number of halogens is 1. The zero-order valence-electron chi connectivity index (χ0n) is 14.6. The van der Waals surface area contributed by atoms with Gasteiger partial charge in [0.15, 0.2) is 11.5 Å². The molecule has 0 radical (unpaired) electrons. The van der Waals surface area contributed by atoms with E-state index in [1.165, 1.54) is 0 Å². The van der Waals surface area contributed by atoms with Crippen LogP contribution < -0.4 is 20.5 Å². The van der Waals surface area contributed by atoms with Gasteiger partial charge in [-0.05, 0) is 31.0 Å². The topological polar surface area (TPSA) is 73.6 Å². The second-order valence-corrected chi connectivity index (χ2v) is 6.25. The fourth-order valence-corrected chi connectivity index (χ4v) is 2.13. The molecule has 0 aliphatic carbocycles. The second kappa shape index (κ2) is 9.63. The summed E-state index contributed by atoms with van der Waals surface area (Å²) in [5.74, 6) is 1.42. The molecule has 132 valence electrons. The normalized spacial score (nSPS) is 12.1. The molecule has 0 saturated heterocycles. The average Bonchev–Trinajstić information content (AvgIpc) is 2.50. The molecule has 1 amide bonds. The predicted octanol–water partition coefficient (Wildman–Crippen LogP) is 2.65. The molecule has 0 heterocycles. The highest BCUT2D eigenvalue weighted by Gasteiger charge is 2.23. The highest BCUT2D eigenvalue weighted by atomic mass is 35.5. The molecule has 1 unspecified atom stereocenters. The van der Waals surface area contributed by atoms with Gasteiger partial charge >= 0.3 is 0 Å². The first-order valence-corrected chi connectivity index (χ1v) is 7.55. The summed E-state index contributed by atoms with van der Waals surface area (Å²) in [5, 5.41) is 2.98. The molecule has 0 aliphatic rings. The van der Waals surface area contributed by atoms with E-state index in [9.17, 15) is 4.79 Å². The summed E-state index contributed by atoms with van der Waals surface area (Å²) < 4.78 is 10.6. The van der Waals surface area contributed by atoms with Gasteiger partial charge in [0.25, 0.3) is 0 Å². The van der Waals surface area contributed by atoms with Crippen molar-refractivity contribution in [3.8, 4) is 11.5 Å². The Hall–Kier alpha value is -1.46. The molecule has 0 fully saturated rings. The third kappa shape index (κ3) is 6.67. The molecule has 6 heteroatoms. The van der Waals surface area contributed by atoms with Gasteiger partial charge in [0.1, 0.15) is 0 Å². The smallest absolute Gasteiger partial charge is 0.220 e. The highest BCUT2D eigenvalue weighted by Crippen LogP contribution is 2.32. The van der Waals surface area contributed by atoms with Crippen LogP contribution in [0.1, 0.15) is 39.2 Å². The van der Waals surface area contributed by atoms with Crippen LogP contribution in [0.4, 0.5) is 0 Å². The van der Waals surface area contributed by atoms with E-state index < -0.39 is 0 Å². The number of nitrogens with one attached hydrogen (secondary N) is 1. The van der Waals surface area contributed by atoms with E-state index in [4.69, 9.17) is 15.2 Å². The number of benzene rings is 1. The van der Waals surface area contributed by atoms with Crippen LogP contribution in [0.25, 0.3) is 0 Å². The molecular weight excluding hydrogens is 316 g/mol. The SMILES string of the molecule is COc1ccc(C(C)(C)CNC(=O)CCC(C)N)cc1OC.Cl. The number of amides is 1. The zero-order chi connectivity index (χ0) is 16.8. The van der Waals surface area contributed by atoms with Crippen molar-refractivity contribution in [3.63, 3.8) is 0 Å². The summed E-state index contributed by atoms with van der Waals surface area (Å²) >= 11 is 0. The molecule has 5 nitrogen and oxygen atoms in total. The van der Waals surface area contributed by atoms with Crippen LogP contribution in [0.2, 0.25) is 0 Å². The van der Waals surface area contributed by atoms with Crippen LogP contribution >= 0.6 is 12.4 Å². The third-order valence-electron chi connectivity index (χ3n) is 3.72. The lowest BCUT2D eigenvalue weighted by molar-refractivity contribution is -0.121. The van der Waals surface area contributed by atoms with E-state index in [1.807, 2.05) is 25.1 Å². The number of hydrogen-bond donors (Lipinski definition) is 2. The Kier molecular flexibility index (Phi) is 9.02. The van der Waals surface area contributed by atoms with Gasteiger partial charge in [-0.1, -0.05) is 19.9 Å². The average molecular weight is 345 g/mol. The summed E-state index contributed by atoms with van der Waals surface area (Å²) in [4.78, 5) is 11.8. The lowest BCUT2D eigenvalue weighted by Crippen LogP contribution is -2.37. The van der Waals surface area contributed by atoms with Crippen molar-refractivity contribution in [2.45, 2.75) is 45.1 Å². The first-order chi connectivity index (χ1) is 10.3. The number of hydrogen-bond acceptors (Lipinski definition) is 4. The maximum Gasteiger partial charge on any atom is 0.220 e. The van der Waals surface area contributed by atoms with Crippen LogP contribution in [0.3, 0.4) is 0 Å². The Bertz CT molecular complexity index is 505. The Morgan fingerprint density at radius 2 is 1.87 bits per heavy atom. The summed E-state index contributed by atoms with van der Waals surface area (Å²) in [6.07, 6.45) is 1.16. The lowest BCUT2D eigenvalue weighted by atomic mass is 9.84. The van der Waals surface area contributed by atoms with Crippen LogP contribution in [0.5, 0.6) is 11.5 Å². The Morgan fingerprint density at radius 1 is 1.26 bits per heavy atom. The van der Waals surface area contributed by atoms with Gasteiger partial charge < -0.3 is 20.5 Å². The molecule has 1 aromatic carbocycles. The lowest BCUT2D eigenvalue weighted by Gasteiger charge is -2.26. The van der Waals surface area contributed by atoms with E-state index >= 15 is 0 Å². The van der Waals surface area contributed by atoms with Crippen molar-refractivity contribution in [1.29, 1.82) is 0 Å². The van der Waals surface area contributed by atoms with Crippen molar-refractivity contribution in [3.05, 3.63) is 23.8 Å². The molecule has 0 spiro atoms. The first kappa shape index (κ1) is 21.5. The minimum absolute atomic E-state index is 0. The van der Waals surface area contributed by atoms with Crippen molar-refractivity contribution >= 4 is 18.3 Å². The van der Waals surface area contributed by atoms with E-state index in [2.05, 4.69) is 19.2 Å². The van der Waals surface area contributed by atoms with Crippen molar-refractivity contribution in [2.24, 2.45) is 5.73 Å². The van der Waals surface area contributed by atoms with Gasteiger partial charge in [-0.15, -0.1) is 12.4 Å². The Balaban J connectivity index is 0.00000484. The second-order valence-electron chi connectivity index (χ2n) is 6.25. The molecule has 0 aromatic heterocycles. The number of ether oxygens (including phenoxy) is 2. The van der Waals surface area contributed by atoms with Gasteiger partial charge in [-0.3, -0.25) is 4.79 Å². The monoisotopic (exact) mass is 344 g/mol. The molecule has 1 aromatic rings. The fourth-order valence-electron chi connectivity index (χ4n) is 2.13. The van der Waals surface area contributed by atoms with Crippen LogP contribution in [-0.4, -0.2) is 32.7 Å². The Labute approximate surface area is 145 Å². The molecule has 3 N–H and O–H groups in total.